The number of halogens is 1. The topological polar surface area (TPSA) is 50.2 Å². The number of aromatic nitrogens is 1. The summed E-state index contributed by atoms with van der Waals surface area (Å²) in [6.45, 7) is 6.76. The molecule has 1 N–H and O–H groups in total. The maximum absolute atomic E-state index is 15.6. The molecule has 3 aromatic rings. The molecule has 41 heavy (non-hydrogen) atoms. The highest BCUT2D eigenvalue weighted by molar-refractivity contribution is 7.32. The maximum atomic E-state index is 15.6. The number of benzene rings is 1. The Hall–Kier alpha value is -2.71. The second-order valence-electron chi connectivity index (χ2n) is 12.9. The third-order valence-corrected chi connectivity index (χ3v) is 11.9. The van der Waals surface area contributed by atoms with Gasteiger partial charge in [-0.15, -0.1) is 8.19 Å². The van der Waals surface area contributed by atoms with Crippen LogP contribution in [0.1, 0.15) is 110 Å². The van der Waals surface area contributed by atoms with Gasteiger partial charge in [0.1, 0.15) is 5.67 Å². The molecule has 0 radical (unpaired) electrons. The number of hydrogen-bond donors (Lipinski definition) is 1. The minimum atomic E-state index is -1.01. The van der Waals surface area contributed by atoms with Gasteiger partial charge in [-0.25, -0.2) is 4.39 Å². The molecule has 6 rings (SSSR count). The fourth-order valence-electron chi connectivity index (χ4n) is 7.48. The number of hydrogen-bond acceptors (Lipinski definition) is 2. The standard InChI is InChI=1S/C36H43FNO2P/c1-4-31-23(2)32(24(3)41-31)28-21-27-9-8-25(14-17-35(37)15-6-5-7-16-35)20-30(33(27)38-22-28)26-10-12-29(13-11-26)36(18-19-36)34(39)40/h10-13,20-22,25,41H,4-9,14-19H2,1-3H3,(H,39,40). The Labute approximate surface area is 245 Å². The normalized spacial score (nSPS) is 21.3. The van der Waals surface area contributed by atoms with Crippen molar-refractivity contribution in [1.29, 1.82) is 0 Å². The van der Waals surface area contributed by atoms with Crippen molar-refractivity contribution in [3.63, 3.8) is 0 Å². The van der Waals surface area contributed by atoms with Gasteiger partial charge in [-0.05, 0) is 122 Å². The van der Waals surface area contributed by atoms with Gasteiger partial charge >= 0.3 is 5.97 Å². The van der Waals surface area contributed by atoms with Crippen molar-refractivity contribution in [2.24, 2.45) is 5.92 Å². The predicted molar refractivity (Wildman–Crippen MR) is 168 cm³/mol. The highest BCUT2D eigenvalue weighted by Crippen LogP contribution is 2.49. The van der Waals surface area contributed by atoms with E-state index < -0.39 is 17.1 Å². The first kappa shape index (κ1) is 28.4. The van der Waals surface area contributed by atoms with Crippen LogP contribution >= 0.6 is 8.19 Å². The van der Waals surface area contributed by atoms with Gasteiger partial charge in [0.15, 0.2) is 0 Å². The maximum Gasteiger partial charge on any atom is 0.314 e. The second kappa shape index (κ2) is 11.2. The van der Waals surface area contributed by atoms with Gasteiger partial charge in [-0.3, -0.25) is 9.78 Å². The zero-order valence-electron chi connectivity index (χ0n) is 24.8. The molecule has 2 heterocycles. The number of nitrogens with zero attached hydrogens (tertiary/aromatic N) is 1. The monoisotopic (exact) mass is 571 g/mol. The number of allylic oxidation sites excluding steroid dienone is 1. The lowest BCUT2D eigenvalue weighted by Crippen LogP contribution is -2.26. The molecule has 3 aliphatic carbocycles. The number of carbonyl (C=O) groups is 1. The molecule has 0 bridgehead atoms. The van der Waals surface area contributed by atoms with Crippen molar-refractivity contribution in [2.45, 2.75) is 109 Å². The summed E-state index contributed by atoms with van der Waals surface area (Å²) in [5.41, 5.74) is 7.62. The highest BCUT2D eigenvalue weighted by atomic mass is 31.0. The lowest BCUT2D eigenvalue weighted by molar-refractivity contribution is -0.140. The Balaban J connectivity index is 1.36. The zero-order valence-corrected chi connectivity index (χ0v) is 25.8. The molecule has 1 aromatic carbocycles. The SMILES string of the molecule is CCc1[pH]c(C)c(-c2cnc3c(c2)CCC(CCC2(F)CCCCC2)C=C3c2ccc(C3(C(=O)O)CC3)cc2)c1C. The van der Waals surface area contributed by atoms with Crippen LogP contribution in [-0.4, -0.2) is 21.7 Å². The third kappa shape index (κ3) is 5.45. The van der Waals surface area contributed by atoms with Crippen LogP contribution in [0.2, 0.25) is 0 Å². The van der Waals surface area contributed by atoms with Gasteiger partial charge in [0.05, 0.1) is 11.1 Å². The Bertz CT molecular complexity index is 1470. The zero-order chi connectivity index (χ0) is 28.8. The smallest absolute Gasteiger partial charge is 0.314 e. The minimum Gasteiger partial charge on any atom is -0.481 e. The summed E-state index contributed by atoms with van der Waals surface area (Å²) < 4.78 is 15.6. The van der Waals surface area contributed by atoms with Crippen molar-refractivity contribution < 1.29 is 14.3 Å². The third-order valence-electron chi connectivity index (χ3n) is 10.2. The summed E-state index contributed by atoms with van der Waals surface area (Å²) in [6, 6.07) is 10.5. The number of carboxylic acids is 1. The van der Waals surface area contributed by atoms with E-state index in [2.05, 4.69) is 51.2 Å². The summed E-state index contributed by atoms with van der Waals surface area (Å²) >= 11 is 0. The number of alkyl halides is 1. The van der Waals surface area contributed by atoms with Crippen LogP contribution in [0.4, 0.5) is 4.39 Å². The molecule has 3 nitrogen and oxygen atoms in total. The van der Waals surface area contributed by atoms with E-state index in [1.165, 1.54) is 27.5 Å². The van der Waals surface area contributed by atoms with Gasteiger partial charge in [0.25, 0.3) is 0 Å². The van der Waals surface area contributed by atoms with E-state index in [-0.39, 0.29) is 5.92 Å². The number of carboxylic acid groups (broad SMARTS) is 1. The highest BCUT2D eigenvalue weighted by Gasteiger charge is 2.51. The molecule has 2 atom stereocenters. The molecule has 2 fully saturated rings. The molecule has 5 heteroatoms. The lowest BCUT2D eigenvalue weighted by atomic mass is 9.80. The molecule has 0 saturated heterocycles. The molecule has 0 spiro atoms. The van der Waals surface area contributed by atoms with Crippen molar-refractivity contribution >= 4 is 19.7 Å². The quantitative estimate of drug-likeness (QED) is 0.293. The van der Waals surface area contributed by atoms with Crippen LogP contribution in [0.5, 0.6) is 0 Å². The van der Waals surface area contributed by atoms with Gasteiger partial charge in [-0.1, -0.05) is 56.5 Å². The molecule has 2 aromatic heterocycles. The van der Waals surface area contributed by atoms with E-state index >= 15 is 4.39 Å². The van der Waals surface area contributed by atoms with Crippen molar-refractivity contribution in [2.75, 3.05) is 0 Å². The largest absolute Gasteiger partial charge is 0.481 e. The van der Waals surface area contributed by atoms with E-state index in [9.17, 15) is 9.90 Å². The van der Waals surface area contributed by atoms with Crippen molar-refractivity contribution in [3.8, 4) is 11.1 Å². The Morgan fingerprint density at radius 3 is 2.44 bits per heavy atom. The summed E-state index contributed by atoms with van der Waals surface area (Å²) in [5, 5.41) is 12.8. The summed E-state index contributed by atoms with van der Waals surface area (Å²) in [7, 11) is 0.774. The van der Waals surface area contributed by atoms with Crippen LogP contribution in [0, 0.1) is 19.8 Å². The van der Waals surface area contributed by atoms with E-state index in [1.54, 1.807) is 5.30 Å². The fraction of sp³-hybridized carbons (Fsp3) is 0.500. The number of fused-ring (bicyclic) bond motifs is 1. The molecule has 2 saturated carbocycles. The lowest BCUT2D eigenvalue weighted by Gasteiger charge is -2.30. The first-order valence-corrected chi connectivity index (χ1v) is 16.7. The van der Waals surface area contributed by atoms with Crippen LogP contribution in [0.15, 0.2) is 42.6 Å². The van der Waals surface area contributed by atoms with E-state index in [0.29, 0.717) is 32.1 Å². The van der Waals surface area contributed by atoms with Gasteiger partial charge < -0.3 is 5.11 Å². The van der Waals surface area contributed by atoms with E-state index in [4.69, 9.17) is 4.98 Å². The van der Waals surface area contributed by atoms with Crippen LogP contribution in [0.3, 0.4) is 0 Å². The Kier molecular flexibility index (Phi) is 7.74. The first-order valence-electron chi connectivity index (χ1n) is 15.7. The van der Waals surface area contributed by atoms with Crippen LogP contribution < -0.4 is 0 Å². The molecule has 216 valence electrons. The molecular weight excluding hydrogens is 528 g/mol. The first-order chi connectivity index (χ1) is 19.7. The van der Waals surface area contributed by atoms with Crippen LogP contribution in [0.25, 0.3) is 16.7 Å². The minimum absolute atomic E-state index is 0.285. The molecule has 0 aliphatic heterocycles. The average Bonchev–Trinajstić information content (AvgIpc) is 3.76. The van der Waals surface area contributed by atoms with Gasteiger partial charge in [0.2, 0.25) is 0 Å². The summed E-state index contributed by atoms with van der Waals surface area (Å²) in [4.78, 5) is 17.0. The summed E-state index contributed by atoms with van der Waals surface area (Å²) in [5.74, 6) is -0.443. The number of pyridine rings is 1. The number of aryl methyl sites for hydroxylation is 3. The van der Waals surface area contributed by atoms with E-state index in [1.807, 2.05) is 12.1 Å². The molecular formula is C36H43FNO2P. The molecule has 2 unspecified atom stereocenters. The predicted octanol–water partition coefficient (Wildman–Crippen LogP) is 9.52. The second-order valence-corrected chi connectivity index (χ2v) is 14.5. The average molecular weight is 572 g/mol. The number of aliphatic carboxylic acids is 1. The molecule has 0 amide bonds. The summed E-state index contributed by atoms with van der Waals surface area (Å²) in [6.07, 6.45) is 14.9. The Morgan fingerprint density at radius 1 is 1.07 bits per heavy atom. The van der Waals surface area contributed by atoms with Gasteiger partial charge in [0, 0.05) is 17.3 Å². The van der Waals surface area contributed by atoms with Crippen molar-refractivity contribution in [1.82, 2.24) is 4.98 Å². The Morgan fingerprint density at radius 2 is 1.80 bits per heavy atom. The molecule has 3 aliphatic rings. The van der Waals surface area contributed by atoms with Crippen molar-refractivity contribution in [3.05, 3.63) is 81.1 Å². The van der Waals surface area contributed by atoms with Gasteiger partial charge in [-0.2, -0.15) is 0 Å². The van der Waals surface area contributed by atoms with Crippen LogP contribution in [-0.2, 0) is 23.1 Å². The fourth-order valence-corrected chi connectivity index (χ4v) is 8.88. The van der Waals surface area contributed by atoms with E-state index in [0.717, 1.165) is 75.5 Å². The number of rotatable bonds is 8.